The van der Waals surface area contributed by atoms with Gasteiger partial charge in [-0.3, -0.25) is 0 Å². The third kappa shape index (κ3) is 2.84. The first kappa shape index (κ1) is 11.2. The van der Waals surface area contributed by atoms with E-state index in [1.807, 2.05) is 0 Å². The van der Waals surface area contributed by atoms with Gasteiger partial charge in [-0.25, -0.2) is 0 Å². The molecule has 0 N–H and O–H groups in total. The molecule has 0 radical (unpaired) electrons. The van der Waals surface area contributed by atoms with Crippen LogP contribution in [-0.4, -0.2) is 24.5 Å². The number of hydrogen-bond acceptors (Lipinski definition) is 2. The lowest BCUT2D eigenvalue weighted by molar-refractivity contribution is 0.146. The van der Waals surface area contributed by atoms with Crippen molar-refractivity contribution < 1.29 is 0 Å². The van der Waals surface area contributed by atoms with Gasteiger partial charge >= 0.3 is 0 Å². The largest absolute Gasteiger partial charge is 0.302 e. The molecule has 1 aromatic carbocycles. The summed E-state index contributed by atoms with van der Waals surface area (Å²) in [5, 5.41) is 8.43. The minimum Gasteiger partial charge on any atom is -0.302 e. The van der Waals surface area contributed by atoms with E-state index in [9.17, 15) is 0 Å². The maximum atomic E-state index is 8.43. The first-order chi connectivity index (χ1) is 7.90. The van der Waals surface area contributed by atoms with Crippen LogP contribution in [0.2, 0.25) is 0 Å². The molecule has 0 unspecified atom stereocenters. The number of unbranched alkanes of at least 4 members (excludes halogenated alkanes) is 2. The van der Waals surface area contributed by atoms with Crippen LogP contribution in [0, 0.1) is 11.3 Å². The van der Waals surface area contributed by atoms with E-state index in [-0.39, 0.29) is 0 Å². The summed E-state index contributed by atoms with van der Waals surface area (Å²) in [7, 11) is 0. The molecule has 1 aromatic rings. The standard InChI is InChI=1S/C14H18N2/c15-9-5-2-6-10-16-11-14(12-16)13-7-3-1-4-8-13/h1,3-4,7-8,14H,2,5-6,10-12H2. The number of hydrogen-bond donors (Lipinski definition) is 0. The van der Waals surface area contributed by atoms with Crippen molar-refractivity contribution in [3.05, 3.63) is 35.9 Å². The molecule has 2 rings (SSSR count). The first-order valence-electron chi connectivity index (χ1n) is 6.04. The normalized spacial score (nSPS) is 16.7. The van der Waals surface area contributed by atoms with E-state index in [0.29, 0.717) is 6.42 Å². The first-order valence-corrected chi connectivity index (χ1v) is 6.04. The van der Waals surface area contributed by atoms with Gasteiger partial charge in [0, 0.05) is 25.4 Å². The highest BCUT2D eigenvalue weighted by Crippen LogP contribution is 2.26. The molecule has 0 aromatic heterocycles. The van der Waals surface area contributed by atoms with Gasteiger partial charge in [0.1, 0.15) is 0 Å². The van der Waals surface area contributed by atoms with Crippen LogP contribution in [0.1, 0.15) is 30.7 Å². The van der Waals surface area contributed by atoms with Crippen molar-refractivity contribution in [1.82, 2.24) is 4.90 Å². The molecular formula is C14H18N2. The summed E-state index contributed by atoms with van der Waals surface area (Å²) >= 11 is 0. The molecule has 1 aliphatic rings. The summed E-state index contributed by atoms with van der Waals surface area (Å²) in [6.45, 7) is 3.54. The Balaban J connectivity index is 1.65. The lowest BCUT2D eigenvalue weighted by Gasteiger charge is -2.39. The van der Waals surface area contributed by atoms with E-state index in [0.717, 1.165) is 25.3 Å². The third-order valence-corrected chi connectivity index (χ3v) is 3.24. The number of nitrogens with zero attached hydrogens (tertiary/aromatic N) is 2. The Morgan fingerprint density at radius 3 is 2.62 bits per heavy atom. The molecule has 0 atom stereocenters. The summed E-state index contributed by atoms with van der Waals surface area (Å²) in [5.74, 6) is 0.733. The van der Waals surface area contributed by atoms with Crippen molar-refractivity contribution in [3.8, 4) is 6.07 Å². The topological polar surface area (TPSA) is 27.0 Å². The molecular weight excluding hydrogens is 196 g/mol. The highest BCUT2D eigenvalue weighted by molar-refractivity contribution is 5.22. The summed E-state index contributed by atoms with van der Waals surface area (Å²) in [6.07, 6.45) is 2.91. The maximum absolute atomic E-state index is 8.43. The minimum atomic E-state index is 0.704. The van der Waals surface area contributed by atoms with Gasteiger partial charge in [0.25, 0.3) is 0 Å². The Hall–Kier alpha value is -1.33. The average Bonchev–Trinajstić information content (AvgIpc) is 2.28. The van der Waals surface area contributed by atoms with Crippen LogP contribution in [0.4, 0.5) is 0 Å². The van der Waals surface area contributed by atoms with Crippen molar-refractivity contribution in [1.29, 1.82) is 5.26 Å². The highest BCUT2D eigenvalue weighted by atomic mass is 15.2. The van der Waals surface area contributed by atoms with Crippen molar-refractivity contribution in [3.63, 3.8) is 0 Å². The summed E-state index contributed by atoms with van der Waals surface area (Å²) in [5.41, 5.74) is 1.47. The van der Waals surface area contributed by atoms with E-state index in [1.165, 1.54) is 18.7 Å². The van der Waals surface area contributed by atoms with E-state index >= 15 is 0 Å². The fourth-order valence-corrected chi connectivity index (χ4v) is 2.23. The van der Waals surface area contributed by atoms with Crippen molar-refractivity contribution in [2.45, 2.75) is 25.2 Å². The average molecular weight is 214 g/mol. The Morgan fingerprint density at radius 1 is 1.19 bits per heavy atom. The second kappa shape index (κ2) is 5.67. The summed E-state index contributed by atoms with van der Waals surface area (Å²) in [6, 6.07) is 12.9. The van der Waals surface area contributed by atoms with Crippen LogP contribution in [0.25, 0.3) is 0 Å². The molecule has 2 nitrogen and oxygen atoms in total. The molecule has 16 heavy (non-hydrogen) atoms. The molecule has 1 saturated heterocycles. The Kier molecular flexibility index (Phi) is 3.96. The molecule has 1 aliphatic heterocycles. The molecule has 1 heterocycles. The lowest BCUT2D eigenvalue weighted by atomic mass is 9.91. The molecule has 0 bridgehead atoms. The van der Waals surface area contributed by atoms with Crippen molar-refractivity contribution in [2.24, 2.45) is 0 Å². The van der Waals surface area contributed by atoms with Gasteiger partial charge in [-0.15, -0.1) is 0 Å². The predicted octanol–water partition coefficient (Wildman–Crippen LogP) is 2.78. The molecule has 0 spiro atoms. The predicted molar refractivity (Wildman–Crippen MR) is 65.1 cm³/mol. The molecule has 2 heteroatoms. The van der Waals surface area contributed by atoms with Gasteiger partial charge in [0.2, 0.25) is 0 Å². The maximum Gasteiger partial charge on any atom is 0.0621 e. The number of benzene rings is 1. The van der Waals surface area contributed by atoms with Gasteiger partial charge in [0.15, 0.2) is 0 Å². The highest BCUT2D eigenvalue weighted by Gasteiger charge is 2.26. The van der Waals surface area contributed by atoms with Crippen LogP contribution in [0.5, 0.6) is 0 Å². The molecule has 0 aliphatic carbocycles. The lowest BCUT2D eigenvalue weighted by Crippen LogP contribution is -2.45. The number of nitriles is 1. The summed E-state index contributed by atoms with van der Waals surface area (Å²) < 4.78 is 0. The summed E-state index contributed by atoms with van der Waals surface area (Å²) in [4.78, 5) is 2.48. The molecule has 0 amide bonds. The van der Waals surface area contributed by atoms with Gasteiger partial charge in [-0.1, -0.05) is 30.3 Å². The minimum absolute atomic E-state index is 0.704. The van der Waals surface area contributed by atoms with Crippen LogP contribution >= 0.6 is 0 Å². The van der Waals surface area contributed by atoms with Crippen LogP contribution < -0.4 is 0 Å². The number of likely N-dealkylation sites (tertiary alicyclic amines) is 1. The van der Waals surface area contributed by atoms with Crippen LogP contribution in [0.15, 0.2) is 30.3 Å². The van der Waals surface area contributed by atoms with Gasteiger partial charge in [0.05, 0.1) is 6.07 Å². The fraction of sp³-hybridized carbons (Fsp3) is 0.500. The van der Waals surface area contributed by atoms with Gasteiger partial charge in [-0.05, 0) is 24.9 Å². The second-order valence-electron chi connectivity index (χ2n) is 4.48. The van der Waals surface area contributed by atoms with Crippen LogP contribution in [0.3, 0.4) is 0 Å². The smallest absolute Gasteiger partial charge is 0.0621 e. The van der Waals surface area contributed by atoms with Gasteiger partial charge in [-0.2, -0.15) is 5.26 Å². The molecule has 0 saturated carbocycles. The Bertz CT molecular complexity index is 347. The molecule has 1 fully saturated rings. The zero-order valence-electron chi connectivity index (χ0n) is 9.60. The quantitative estimate of drug-likeness (QED) is 0.705. The van der Waals surface area contributed by atoms with Gasteiger partial charge < -0.3 is 4.90 Å². The van der Waals surface area contributed by atoms with E-state index in [1.54, 1.807) is 0 Å². The van der Waals surface area contributed by atoms with E-state index in [4.69, 9.17) is 5.26 Å². The Labute approximate surface area is 97.5 Å². The monoisotopic (exact) mass is 214 g/mol. The zero-order valence-corrected chi connectivity index (χ0v) is 9.60. The molecule has 84 valence electrons. The number of rotatable bonds is 5. The van der Waals surface area contributed by atoms with Crippen molar-refractivity contribution >= 4 is 0 Å². The third-order valence-electron chi connectivity index (χ3n) is 3.24. The van der Waals surface area contributed by atoms with E-state index < -0.39 is 0 Å². The fourth-order valence-electron chi connectivity index (χ4n) is 2.23. The second-order valence-corrected chi connectivity index (χ2v) is 4.48. The van der Waals surface area contributed by atoms with Crippen molar-refractivity contribution in [2.75, 3.05) is 19.6 Å². The SMILES string of the molecule is N#CCCCCN1CC(c2ccccc2)C1. The zero-order chi connectivity index (χ0) is 11.2. The van der Waals surface area contributed by atoms with Crippen LogP contribution in [-0.2, 0) is 0 Å². The Morgan fingerprint density at radius 2 is 1.94 bits per heavy atom. The van der Waals surface area contributed by atoms with E-state index in [2.05, 4.69) is 41.3 Å².